The number of nitrogen functional groups attached to an aromatic ring is 1. The van der Waals surface area contributed by atoms with Gasteiger partial charge in [0.25, 0.3) is 0 Å². The monoisotopic (exact) mass is 267 g/mol. The molecule has 0 saturated heterocycles. The van der Waals surface area contributed by atoms with Crippen molar-refractivity contribution >= 4 is 5.69 Å². The van der Waals surface area contributed by atoms with Crippen LogP contribution in [0.4, 0.5) is 5.69 Å². The van der Waals surface area contributed by atoms with E-state index in [0.29, 0.717) is 5.92 Å². The Bertz CT molecular complexity index is 606. The summed E-state index contributed by atoms with van der Waals surface area (Å²) in [5.74, 6) is 1.66. The number of aryl methyl sites for hydroxylation is 1. The Balaban J connectivity index is 1.74. The molecule has 1 atom stereocenters. The molecule has 2 heteroatoms. The van der Waals surface area contributed by atoms with Crippen LogP contribution in [0.3, 0.4) is 0 Å². The maximum Gasteiger partial charge on any atom is 0.119 e. The summed E-state index contributed by atoms with van der Waals surface area (Å²) in [6.07, 6.45) is 4.60. The summed E-state index contributed by atoms with van der Waals surface area (Å²) >= 11 is 0. The van der Waals surface area contributed by atoms with Crippen LogP contribution in [0.15, 0.2) is 42.5 Å². The van der Waals surface area contributed by atoms with Gasteiger partial charge in [-0.25, -0.2) is 0 Å². The standard InChI is InChI=1S/C18H21NO/c1-20-17-9-8-14-10-13(6-7-15(14)12-17)11-16-4-2-3-5-18(16)19/h2-5,8-9,12-13H,6-7,10-11,19H2,1H3. The van der Waals surface area contributed by atoms with Gasteiger partial charge in [0.1, 0.15) is 5.75 Å². The van der Waals surface area contributed by atoms with E-state index in [1.807, 2.05) is 12.1 Å². The van der Waals surface area contributed by atoms with Crippen LogP contribution < -0.4 is 10.5 Å². The maximum absolute atomic E-state index is 6.05. The highest BCUT2D eigenvalue weighted by Gasteiger charge is 2.20. The van der Waals surface area contributed by atoms with E-state index in [2.05, 4.69) is 30.3 Å². The predicted molar refractivity (Wildman–Crippen MR) is 83.1 cm³/mol. The van der Waals surface area contributed by atoms with E-state index in [4.69, 9.17) is 10.5 Å². The minimum atomic E-state index is 0.695. The molecule has 0 spiro atoms. The van der Waals surface area contributed by atoms with Crippen LogP contribution in [0.2, 0.25) is 0 Å². The van der Waals surface area contributed by atoms with E-state index in [9.17, 15) is 0 Å². The van der Waals surface area contributed by atoms with Gasteiger partial charge in [0.2, 0.25) is 0 Å². The highest BCUT2D eigenvalue weighted by atomic mass is 16.5. The molecule has 0 bridgehead atoms. The van der Waals surface area contributed by atoms with Crippen LogP contribution in [0.1, 0.15) is 23.1 Å². The van der Waals surface area contributed by atoms with Crippen molar-refractivity contribution in [2.45, 2.75) is 25.7 Å². The molecular weight excluding hydrogens is 246 g/mol. The fourth-order valence-corrected chi connectivity index (χ4v) is 3.14. The molecular formula is C18H21NO. The van der Waals surface area contributed by atoms with Gasteiger partial charge in [0.05, 0.1) is 7.11 Å². The lowest BCUT2D eigenvalue weighted by Crippen LogP contribution is -2.17. The molecule has 20 heavy (non-hydrogen) atoms. The van der Waals surface area contributed by atoms with E-state index in [1.165, 1.54) is 23.1 Å². The zero-order valence-corrected chi connectivity index (χ0v) is 11.9. The minimum absolute atomic E-state index is 0.695. The van der Waals surface area contributed by atoms with Crippen LogP contribution in [0.5, 0.6) is 5.75 Å². The zero-order chi connectivity index (χ0) is 13.9. The summed E-state index contributed by atoms with van der Waals surface area (Å²) in [7, 11) is 1.73. The zero-order valence-electron chi connectivity index (χ0n) is 11.9. The number of ether oxygens (including phenoxy) is 1. The van der Waals surface area contributed by atoms with Crippen molar-refractivity contribution in [1.29, 1.82) is 0 Å². The van der Waals surface area contributed by atoms with Crippen molar-refractivity contribution in [2.24, 2.45) is 5.92 Å². The number of nitrogens with two attached hydrogens (primary N) is 1. The van der Waals surface area contributed by atoms with Crippen LogP contribution in [-0.4, -0.2) is 7.11 Å². The molecule has 1 aliphatic rings. The van der Waals surface area contributed by atoms with E-state index in [0.717, 1.165) is 30.7 Å². The van der Waals surface area contributed by atoms with Crippen molar-refractivity contribution in [1.82, 2.24) is 0 Å². The number of rotatable bonds is 3. The van der Waals surface area contributed by atoms with Crippen molar-refractivity contribution in [3.8, 4) is 5.75 Å². The van der Waals surface area contributed by atoms with Crippen LogP contribution in [0.25, 0.3) is 0 Å². The van der Waals surface area contributed by atoms with Crippen molar-refractivity contribution < 1.29 is 4.74 Å². The van der Waals surface area contributed by atoms with Gasteiger partial charge in [-0.15, -0.1) is 0 Å². The lowest BCUT2D eigenvalue weighted by atomic mass is 9.80. The SMILES string of the molecule is COc1ccc2c(c1)CCC(Cc1ccccc1N)C2. The molecule has 2 N–H and O–H groups in total. The Morgan fingerprint density at radius 3 is 2.80 bits per heavy atom. The first-order valence-electron chi connectivity index (χ1n) is 7.25. The minimum Gasteiger partial charge on any atom is -0.497 e. The molecule has 0 saturated carbocycles. The molecule has 0 aliphatic heterocycles. The Labute approximate surface area is 120 Å². The number of methoxy groups -OCH3 is 1. The third kappa shape index (κ3) is 2.64. The van der Waals surface area contributed by atoms with Gasteiger partial charge in [-0.1, -0.05) is 24.3 Å². The first-order chi connectivity index (χ1) is 9.76. The van der Waals surface area contributed by atoms with Crippen LogP contribution >= 0.6 is 0 Å². The van der Waals surface area contributed by atoms with E-state index in [-0.39, 0.29) is 0 Å². The lowest BCUT2D eigenvalue weighted by Gasteiger charge is -2.25. The molecule has 0 radical (unpaired) electrons. The Morgan fingerprint density at radius 2 is 2.00 bits per heavy atom. The first kappa shape index (κ1) is 13.0. The molecule has 0 heterocycles. The van der Waals surface area contributed by atoms with Gasteiger partial charge in [-0.2, -0.15) is 0 Å². The number of hydrogen-bond acceptors (Lipinski definition) is 2. The molecule has 0 amide bonds. The number of para-hydroxylation sites is 1. The molecule has 0 fully saturated rings. The van der Waals surface area contributed by atoms with E-state index in [1.54, 1.807) is 7.11 Å². The Kier molecular flexibility index (Phi) is 3.64. The summed E-state index contributed by atoms with van der Waals surface area (Å²) < 4.78 is 5.30. The normalized spacial score (nSPS) is 17.6. The second-order valence-corrected chi connectivity index (χ2v) is 5.65. The third-order valence-electron chi connectivity index (χ3n) is 4.31. The summed E-state index contributed by atoms with van der Waals surface area (Å²) in [6.45, 7) is 0. The summed E-state index contributed by atoms with van der Waals surface area (Å²) in [5, 5.41) is 0. The van der Waals surface area contributed by atoms with E-state index < -0.39 is 0 Å². The van der Waals surface area contributed by atoms with Crippen molar-refractivity contribution in [2.75, 3.05) is 12.8 Å². The lowest BCUT2D eigenvalue weighted by molar-refractivity contribution is 0.410. The van der Waals surface area contributed by atoms with Crippen molar-refractivity contribution in [3.05, 3.63) is 59.2 Å². The van der Waals surface area contributed by atoms with Gasteiger partial charge < -0.3 is 10.5 Å². The van der Waals surface area contributed by atoms with Crippen molar-refractivity contribution in [3.63, 3.8) is 0 Å². The largest absolute Gasteiger partial charge is 0.497 e. The molecule has 3 rings (SSSR count). The molecule has 104 valence electrons. The number of anilines is 1. The second kappa shape index (κ2) is 5.58. The second-order valence-electron chi connectivity index (χ2n) is 5.65. The smallest absolute Gasteiger partial charge is 0.119 e. The predicted octanol–water partition coefficient (Wildman–Crippen LogP) is 3.63. The quantitative estimate of drug-likeness (QED) is 0.862. The summed E-state index contributed by atoms with van der Waals surface area (Å²) in [4.78, 5) is 0. The van der Waals surface area contributed by atoms with Gasteiger partial charge in [0.15, 0.2) is 0 Å². The molecule has 2 aromatic carbocycles. The van der Waals surface area contributed by atoms with Gasteiger partial charge >= 0.3 is 0 Å². The highest BCUT2D eigenvalue weighted by Crippen LogP contribution is 2.31. The topological polar surface area (TPSA) is 35.2 Å². The summed E-state index contributed by atoms with van der Waals surface area (Å²) in [5.41, 5.74) is 11.2. The number of hydrogen-bond donors (Lipinski definition) is 1. The average molecular weight is 267 g/mol. The summed E-state index contributed by atoms with van der Waals surface area (Å²) in [6, 6.07) is 14.7. The number of benzene rings is 2. The molecule has 2 aromatic rings. The highest BCUT2D eigenvalue weighted by molar-refractivity contribution is 5.47. The van der Waals surface area contributed by atoms with Gasteiger partial charge in [-0.3, -0.25) is 0 Å². The fourth-order valence-electron chi connectivity index (χ4n) is 3.14. The fraction of sp³-hybridized carbons (Fsp3) is 0.333. The molecule has 0 aromatic heterocycles. The van der Waals surface area contributed by atoms with Gasteiger partial charge in [0, 0.05) is 5.69 Å². The molecule has 2 nitrogen and oxygen atoms in total. The van der Waals surface area contributed by atoms with Crippen LogP contribution in [-0.2, 0) is 19.3 Å². The Morgan fingerprint density at radius 1 is 1.15 bits per heavy atom. The van der Waals surface area contributed by atoms with Gasteiger partial charge in [-0.05, 0) is 66.5 Å². The molecule has 1 aliphatic carbocycles. The number of fused-ring (bicyclic) bond motifs is 1. The first-order valence-corrected chi connectivity index (χ1v) is 7.25. The third-order valence-corrected chi connectivity index (χ3v) is 4.31. The molecule has 1 unspecified atom stereocenters. The Hall–Kier alpha value is -1.96. The average Bonchev–Trinajstić information content (AvgIpc) is 2.49. The van der Waals surface area contributed by atoms with E-state index >= 15 is 0 Å². The van der Waals surface area contributed by atoms with Crippen LogP contribution in [0, 0.1) is 5.92 Å². The maximum atomic E-state index is 6.05.